The number of halogens is 1. The summed E-state index contributed by atoms with van der Waals surface area (Å²) >= 11 is 12.9. The lowest BCUT2D eigenvalue weighted by atomic mass is 10.1. The average molecular weight is 505 g/mol. The van der Waals surface area contributed by atoms with E-state index in [0.29, 0.717) is 22.4 Å². The molecular weight excluding hydrogens is 484 g/mol. The summed E-state index contributed by atoms with van der Waals surface area (Å²) in [7, 11) is 0. The zero-order chi connectivity index (χ0) is 23.7. The molecule has 3 aromatic carbocycles. The molecule has 0 radical (unpaired) electrons. The molecule has 2 heterocycles. The lowest BCUT2D eigenvalue weighted by Gasteiger charge is -2.15. The zero-order valence-corrected chi connectivity index (χ0v) is 20.8. The number of carbonyl (C=O) groups excluding carboxylic acids is 1. The summed E-state index contributed by atoms with van der Waals surface area (Å²) < 4.78 is 8.22. The van der Waals surface area contributed by atoms with Crippen molar-refractivity contribution in [2.75, 3.05) is 11.5 Å². The van der Waals surface area contributed by atoms with Crippen molar-refractivity contribution >= 4 is 68.5 Å². The van der Waals surface area contributed by atoms with Crippen LogP contribution >= 0.6 is 35.6 Å². The minimum absolute atomic E-state index is 0.117. The Hall–Kier alpha value is -3.06. The summed E-state index contributed by atoms with van der Waals surface area (Å²) in [5.41, 5.74) is 3.97. The smallest absolute Gasteiger partial charge is 0.270 e. The van der Waals surface area contributed by atoms with Crippen LogP contribution in [0.15, 0.2) is 83.9 Å². The molecule has 0 spiro atoms. The van der Waals surface area contributed by atoms with Crippen LogP contribution in [0.5, 0.6) is 5.75 Å². The Morgan fingerprint density at radius 2 is 1.76 bits per heavy atom. The van der Waals surface area contributed by atoms with Crippen molar-refractivity contribution in [2.24, 2.45) is 0 Å². The number of thiocarbonyl (C=S) groups is 1. The van der Waals surface area contributed by atoms with Crippen molar-refractivity contribution < 1.29 is 9.53 Å². The molecule has 7 heteroatoms. The van der Waals surface area contributed by atoms with Crippen LogP contribution in [-0.2, 0) is 11.3 Å². The van der Waals surface area contributed by atoms with Gasteiger partial charge in [0.25, 0.3) is 5.91 Å². The molecule has 1 aromatic heterocycles. The molecule has 1 fully saturated rings. The van der Waals surface area contributed by atoms with Crippen LogP contribution in [0, 0.1) is 0 Å². The van der Waals surface area contributed by atoms with E-state index in [1.807, 2.05) is 73.7 Å². The first-order valence-corrected chi connectivity index (χ1v) is 12.5. The lowest BCUT2D eigenvalue weighted by molar-refractivity contribution is -0.113. The van der Waals surface area contributed by atoms with Crippen molar-refractivity contribution in [1.29, 1.82) is 0 Å². The number of para-hydroxylation sites is 1. The molecule has 0 bridgehead atoms. The second-order valence-electron chi connectivity index (χ2n) is 7.80. The summed E-state index contributed by atoms with van der Waals surface area (Å²) in [5, 5.41) is 1.80. The monoisotopic (exact) mass is 504 g/mol. The Morgan fingerprint density at radius 1 is 1.03 bits per heavy atom. The molecule has 1 amide bonds. The van der Waals surface area contributed by atoms with E-state index in [4.69, 9.17) is 28.6 Å². The Balaban J connectivity index is 1.46. The molecule has 0 atom stereocenters. The van der Waals surface area contributed by atoms with Crippen LogP contribution in [0.3, 0.4) is 0 Å². The number of aromatic nitrogens is 1. The van der Waals surface area contributed by atoms with Crippen LogP contribution < -0.4 is 9.64 Å². The Kier molecular flexibility index (Phi) is 6.46. The van der Waals surface area contributed by atoms with E-state index in [2.05, 4.69) is 22.9 Å². The first-order chi connectivity index (χ1) is 16.5. The molecule has 0 unspecified atom stereocenters. The highest BCUT2D eigenvalue weighted by atomic mass is 35.5. The highest BCUT2D eigenvalue weighted by molar-refractivity contribution is 8.27. The Bertz CT molecular complexity index is 1410. The number of anilines is 1. The van der Waals surface area contributed by atoms with E-state index in [9.17, 15) is 4.79 Å². The lowest BCUT2D eigenvalue weighted by Crippen LogP contribution is -2.27. The molecule has 5 rings (SSSR count). The maximum atomic E-state index is 13.3. The van der Waals surface area contributed by atoms with Crippen LogP contribution in [0.4, 0.5) is 5.69 Å². The van der Waals surface area contributed by atoms with Gasteiger partial charge in [-0.1, -0.05) is 65.9 Å². The number of amides is 1. The van der Waals surface area contributed by atoms with E-state index in [1.165, 1.54) is 11.8 Å². The molecule has 0 aliphatic carbocycles. The number of carbonyl (C=O) groups is 1. The highest BCUT2D eigenvalue weighted by Crippen LogP contribution is 2.37. The van der Waals surface area contributed by atoms with E-state index in [0.717, 1.165) is 38.5 Å². The van der Waals surface area contributed by atoms with Crippen LogP contribution in [0.1, 0.15) is 18.1 Å². The fourth-order valence-electron chi connectivity index (χ4n) is 4.00. The number of hydrogen-bond donors (Lipinski definition) is 0. The molecule has 4 nitrogen and oxygen atoms in total. The maximum absolute atomic E-state index is 13.3. The molecule has 0 saturated carbocycles. The van der Waals surface area contributed by atoms with Crippen LogP contribution in [-0.4, -0.2) is 21.4 Å². The topological polar surface area (TPSA) is 34.5 Å². The molecule has 1 saturated heterocycles. The number of rotatable bonds is 6. The predicted octanol–water partition coefficient (Wildman–Crippen LogP) is 7.15. The van der Waals surface area contributed by atoms with E-state index < -0.39 is 0 Å². The average Bonchev–Trinajstić information content (AvgIpc) is 3.32. The van der Waals surface area contributed by atoms with Gasteiger partial charge in [-0.15, -0.1) is 0 Å². The normalized spacial score (nSPS) is 15.0. The van der Waals surface area contributed by atoms with Crippen molar-refractivity contribution in [3.63, 3.8) is 0 Å². The standard InChI is InChI=1S/C27H21ClN2O2S2/c1-2-32-22-13-11-21(12-14-22)30-26(31)25(34-27(30)33)15-19-17-29(24-6-4-3-5-23(19)24)16-18-7-9-20(28)10-8-18/h3-15,17H,2,16H2,1H3/b25-15-. The quantitative estimate of drug-likeness (QED) is 0.206. The molecule has 1 aliphatic heterocycles. The second kappa shape index (κ2) is 9.66. The van der Waals surface area contributed by atoms with Gasteiger partial charge in [0, 0.05) is 34.2 Å². The molecule has 4 aromatic rings. The summed E-state index contributed by atoms with van der Waals surface area (Å²) in [6.45, 7) is 3.24. The van der Waals surface area contributed by atoms with E-state index in [-0.39, 0.29) is 5.91 Å². The van der Waals surface area contributed by atoms with Crippen molar-refractivity contribution in [3.8, 4) is 5.75 Å². The van der Waals surface area contributed by atoms with Crippen LogP contribution in [0.2, 0.25) is 5.02 Å². The highest BCUT2D eigenvalue weighted by Gasteiger charge is 2.33. The molecule has 0 N–H and O–H groups in total. The van der Waals surface area contributed by atoms with Gasteiger partial charge in [-0.3, -0.25) is 9.69 Å². The van der Waals surface area contributed by atoms with Gasteiger partial charge >= 0.3 is 0 Å². The molecular formula is C27H21ClN2O2S2. The van der Waals surface area contributed by atoms with Gasteiger partial charge < -0.3 is 9.30 Å². The summed E-state index contributed by atoms with van der Waals surface area (Å²) in [6.07, 6.45) is 4.03. The van der Waals surface area contributed by atoms with Gasteiger partial charge in [-0.25, -0.2) is 0 Å². The Labute approximate surface area is 212 Å². The first kappa shape index (κ1) is 22.7. The maximum Gasteiger partial charge on any atom is 0.270 e. The van der Waals surface area contributed by atoms with Gasteiger partial charge in [0.05, 0.1) is 17.2 Å². The minimum atomic E-state index is -0.117. The summed E-state index contributed by atoms with van der Waals surface area (Å²) in [5.74, 6) is 0.648. The SMILES string of the molecule is CCOc1ccc(N2C(=O)/C(=C/c3cn(Cc4ccc(Cl)cc4)c4ccccc34)SC2=S)cc1. The van der Waals surface area contributed by atoms with Gasteiger partial charge in [-0.05, 0) is 61.0 Å². The number of benzene rings is 3. The molecule has 1 aliphatic rings. The summed E-state index contributed by atoms with van der Waals surface area (Å²) in [6, 6.07) is 23.5. The predicted molar refractivity (Wildman–Crippen MR) is 146 cm³/mol. The van der Waals surface area contributed by atoms with Crippen molar-refractivity contribution in [3.05, 3.63) is 100 Å². The molecule has 170 valence electrons. The van der Waals surface area contributed by atoms with Gasteiger partial charge in [0.15, 0.2) is 4.32 Å². The van der Waals surface area contributed by atoms with Gasteiger partial charge in [0.2, 0.25) is 0 Å². The number of nitrogens with zero attached hydrogens (tertiary/aromatic N) is 2. The van der Waals surface area contributed by atoms with Gasteiger partial charge in [-0.2, -0.15) is 0 Å². The molecule has 34 heavy (non-hydrogen) atoms. The van der Waals surface area contributed by atoms with Crippen molar-refractivity contribution in [1.82, 2.24) is 4.57 Å². The van der Waals surface area contributed by atoms with Crippen molar-refractivity contribution in [2.45, 2.75) is 13.5 Å². The first-order valence-electron chi connectivity index (χ1n) is 10.9. The van der Waals surface area contributed by atoms with E-state index >= 15 is 0 Å². The third-order valence-corrected chi connectivity index (χ3v) is 7.13. The summed E-state index contributed by atoms with van der Waals surface area (Å²) in [4.78, 5) is 15.5. The second-order valence-corrected chi connectivity index (χ2v) is 9.91. The minimum Gasteiger partial charge on any atom is -0.494 e. The zero-order valence-electron chi connectivity index (χ0n) is 18.4. The third-order valence-electron chi connectivity index (χ3n) is 5.57. The van der Waals surface area contributed by atoms with Crippen LogP contribution in [0.25, 0.3) is 17.0 Å². The van der Waals surface area contributed by atoms with Gasteiger partial charge in [0.1, 0.15) is 5.75 Å². The fraction of sp³-hybridized carbons (Fsp3) is 0.111. The number of ether oxygens (including phenoxy) is 1. The number of thioether (sulfide) groups is 1. The van der Waals surface area contributed by atoms with E-state index in [1.54, 1.807) is 4.90 Å². The Morgan fingerprint density at radius 3 is 2.50 bits per heavy atom. The number of hydrogen-bond acceptors (Lipinski definition) is 4. The third kappa shape index (κ3) is 4.49. The largest absolute Gasteiger partial charge is 0.494 e. The fourth-order valence-corrected chi connectivity index (χ4v) is 5.41. The number of fused-ring (bicyclic) bond motifs is 1.